The number of hydrogen-bond acceptors (Lipinski definition) is 4. The van der Waals surface area contributed by atoms with Gasteiger partial charge in [0.15, 0.2) is 0 Å². The number of rotatable bonds is 14. The highest BCUT2D eigenvalue weighted by molar-refractivity contribution is 7.92. The first-order valence-electron chi connectivity index (χ1n) is 15.4. The lowest BCUT2D eigenvalue weighted by Crippen LogP contribution is -2.53. The summed E-state index contributed by atoms with van der Waals surface area (Å²) in [6, 6.07) is 32.0. The molecule has 2 amide bonds. The van der Waals surface area contributed by atoms with Gasteiger partial charge in [-0.2, -0.15) is 0 Å². The molecule has 0 aliphatic carbocycles. The normalized spacial score (nSPS) is 12.0. The van der Waals surface area contributed by atoms with Crippen LogP contribution in [0.5, 0.6) is 0 Å². The first-order chi connectivity index (χ1) is 21.6. The Labute approximate surface area is 268 Å². The maximum atomic E-state index is 14.5. The van der Waals surface area contributed by atoms with Crippen LogP contribution in [0.1, 0.15) is 55.4 Å². The monoisotopic (exact) mass is 625 g/mol. The van der Waals surface area contributed by atoms with Crippen molar-refractivity contribution in [1.82, 2.24) is 10.2 Å². The highest BCUT2D eigenvalue weighted by Crippen LogP contribution is 2.27. The Kier molecular flexibility index (Phi) is 11.5. The van der Waals surface area contributed by atoms with Crippen molar-refractivity contribution in [1.29, 1.82) is 0 Å². The summed E-state index contributed by atoms with van der Waals surface area (Å²) in [7, 11) is -4.14. The number of hydrogen-bond donors (Lipinski definition) is 1. The van der Waals surface area contributed by atoms with Gasteiger partial charge in [0, 0.05) is 19.5 Å². The number of aryl methyl sites for hydroxylation is 1. The van der Waals surface area contributed by atoms with Crippen LogP contribution in [-0.4, -0.2) is 44.3 Å². The predicted molar refractivity (Wildman–Crippen MR) is 180 cm³/mol. The number of nitrogens with one attached hydrogen (secondary N) is 1. The smallest absolute Gasteiger partial charge is 0.264 e. The van der Waals surface area contributed by atoms with Crippen LogP contribution in [0.3, 0.4) is 0 Å². The standard InChI is InChI=1S/C37H43N3O4S/c1-5-24-38-37(42)35(25-30-12-8-6-9-13-30)39(26-31-14-10-7-11-15-31)36(41)27-40(33-20-18-32(19-21-33)28(2)3)45(43,44)34-22-16-29(4)17-23-34/h6-23,28,35H,5,24-27H2,1-4H3,(H,38,42). The van der Waals surface area contributed by atoms with Crippen molar-refractivity contribution in [3.8, 4) is 0 Å². The molecule has 45 heavy (non-hydrogen) atoms. The average Bonchev–Trinajstić information content (AvgIpc) is 3.05. The Morgan fingerprint density at radius 2 is 1.36 bits per heavy atom. The van der Waals surface area contributed by atoms with Gasteiger partial charge >= 0.3 is 0 Å². The molecule has 0 heterocycles. The molecule has 7 nitrogen and oxygen atoms in total. The summed E-state index contributed by atoms with van der Waals surface area (Å²) in [5, 5.41) is 2.97. The number of carbonyl (C=O) groups is 2. The minimum absolute atomic E-state index is 0.0879. The van der Waals surface area contributed by atoms with E-state index in [9.17, 15) is 18.0 Å². The van der Waals surface area contributed by atoms with Crippen LogP contribution in [0.25, 0.3) is 0 Å². The van der Waals surface area contributed by atoms with Gasteiger partial charge in [-0.25, -0.2) is 8.42 Å². The van der Waals surface area contributed by atoms with E-state index in [2.05, 4.69) is 19.2 Å². The zero-order valence-electron chi connectivity index (χ0n) is 26.5. The highest BCUT2D eigenvalue weighted by Gasteiger charge is 2.34. The summed E-state index contributed by atoms with van der Waals surface area (Å²) in [6.07, 6.45) is 1.02. The van der Waals surface area contributed by atoms with E-state index in [-0.39, 0.29) is 29.7 Å². The maximum Gasteiger partial charge on any atom is 0.264 e. The molecular weight excluding hydrogens is 582 g/mol. The summed E-state index contributed by atoms with van der Waals surface area (Å²) < 4.78 is 29.5. The van der Waals surface area contributed by atoms with Gasteiger partial charge in [-0.15, -0.1) is 0 Å². The quantitative estimate of drug-likeness (QED) is 0.174. The molecule has 1 N–H and O–H groups in total. The summed E-state index contributed by atoms with van der Waals surface area (Å²) >= 11 is 0. The van der Waals surface area contributed by atoms with Gasteiger partial charge in [0.2, 0.25) is 11.8 Å². The van der Waals surface area contributed by atoms with E-state index >= 15 is 0 Å². The third kappa shape index (κ3) is 8.82. The largest absolute Gasteiger partial charge is 0.354 e. The number of sulfonamides is 1. The highest BCUT2D eigenvalue weighted by atomic mass is 32.2. The second-order valence-corrected chi connectivity index (χ2v) is 13.4. The molecule has 0 saturated carbocycles. The van der Waals surface area contributed by atoms with E-state index in [0.29, 0.717) is 12.2 Å². The molecule has 4 aromatic rings. The SMILES string of the molecule is CCCNC(=O)C(Cc1ccccc1)N(Cc1ccccc1)C(=O)CN(c1ccc(C(C)C)cc1)S(=O)(=O)c1ccc(C)cc1. The minimum Gasteiger partial charge on any atom is -0.354 e. The average molecular weight is 626 g/mol. The number of carbonyl (C=O) groups excluding carboxylic acids is 2. The fourth-order valence-corrected chi connectivity index (χ4v) is 6.51. The zero-order chi connectivity index (χ0) is 32.4. The molecule has 0 saturated heterocycles. The van der Waals surface area contributed by atoms with E-state index in [1.54, 1.807) is 36.4 Å². The molecule has 0 aliphatic heterocycles. The van der Waals surface area contributed by atoms with Gasteiger partial charge in [0.1, 0.15) is 12.6 Å². The van der Waals surface area contributed by atoms with E-state index in [1.807, 2.05) is 86.6 Å². The molecule has 0 aromatic heterocycles. The molecule has 0 fully saturated rings. The third-order valence-corrected chi connectivity index (χ3v) is 9.54. The van der Waals surface area contributed by atoms with Gasteiger partial charge in [0.05, 0.1) is 10.6 Å². The van der Waals surface area contributed by atoms with Crippen molar-refractivity contribution in [2.24, 2.45) is 0 Å². The van der Waals surface area contributed by atoms with Crippen LogP contribution in [-0.2, 0) is 32.6 Å². The molecular formula is C37H43N3O4S. The second kappa shape index (κ2) is 15.5. The molecule has 0 bridgehead atoms. The Morgan fingerprint density at radius 3 is 1.91 bits per heavy atom. The van der Waals surface area contributed by atoms with Crippen molar-refractivity contribution in [2.45, 2.75) is 63.9 Å². The lowest BCUT2D eigenvalue weighted by molar-refractivity contribution is -0.140. The van der Waals surface area contributed by atoms with Gasteiger partial charge in [-0.05, 0) is 60.2 Å². The Morgan fingerprint density at radius 1 is 0.778 bits per heavy atom. The van der Waals surface area contributed by atoms with Gasteiger partial charge < -0.3 is 10.2 Å². The van der Waals surface area contributed by atoms with Crippen LogP contribution in [0.2, 0.25) is 0 Å². The summed E-state index contributed by atoms with van der Waals surface area (Å²) in [5.41, 5.74) is 4.09. The van der Waals surface area contributed by atoms with E-state index in [0.717, 1.165) is 33.0 Å². The van der Waals surface area contributed by atoms with Crippen molar-refractivity contribution in [2.75, 3.05) is 17.4 Å². The molecule has 0 aliphatic rings. The van der Waals surface area contributed by atoms with E-state index in [4.69, 9.17) is 0 Å². The van der Waals surface area contributed by atoms with Crippen molar-refractivity contribution in [3.63, 3.8) is 0 Å². The summed E-state index contributed by atoms with van der Waals surface area (Å²) in [6.45, 7) is 8.12. The molecule has 4 aromatic carbocycles. The van der Waals surface area contributed by atoms with Crippen LogP contribution in [0.15, 0.2) is 114 Å². The van der Waals surface area contributed by atoms with Crippen molar-refractivity contribution >= 4 is 27.5 Å². The predicted octanol–water partition coefficient (Wildman–Crippen LogP) is 6.48. The van der Waals surface area contributed by atoms with Gasteiger partial charge in [-0.1, -0.05) is 111 Å². The molecule has 8 heteroatoms. The van der Waals surface area contributed by atoms with Gasteiger partial charge in [0.25, 0.3) is 10.0 Å². The molecule has 1 atom stereocenters. The third-order valence-electron chi connectivity index (χ3n) is 7.75. The lowest BCUT2D eigenvalue weighted by Gasteiger charge is -2.34. The van der Waals surface area contributed by atoms with Crippen LogP contribution in [0, 0.1) is 6.92 Å². The minimum atomic E-state index is -4.14. The van der Waals surface area contributed by atoms with E-state index in [1.165, 1.54) is 4.90 Å². The first kappa shape index (κ1) is 33.5. The van der Waals surface area contributed by atoms with Crippen LogP contribution < -0.4 is 9.62 Å². The maximum absolute atomic E-state index is 14.5. The Hall–Kier alpha value is -4.43. The first-order valence-corrected chi connectivity index (χ1v) is 16.9. The molecule has 1 unspecified atom stereocenters. The molecule has 0 spiro atoms. The lowest BCUT2D eigenvalue weighted by atomic mass is 10.0. The summed E-state index contributed by atoms with van der Waals surface area (Å²) in [5.74, 6) is -0.501. The number of benzene rings is 4. The molecule has 4 rings (SSSR count). The fraction of sp³-hybridized carbons (Fsp3) is 0.297. The number of amides is 2. The fourth-order valence-electron chi connectivity index (χ4n) is 5.09. The Balaban J connectivity index is 1.79. The zero-order valence-corrected chi connectivity index (χ0v) is 27.3. The molecule has 236 valence electrons. The molecule has 0 radical (unpaired) electrons. The van der Waals surface area contributed by atoms with Crippen LogP contribution in [0.4, 0.5) is 5.69 Å². The number of nitrogens with zero attached hydrogens (tertiary/aromatic N) is 2. The number of anilines is 1. The van der Waals surface area contributed by atoms with Gasteiger partial charge in [-0.3, -0.25) is 13.9 Å². The van der Waals surface area contributed by atoms with E-state index < -0.39 is 28.5 Å². The Bertz CT molecular complexity index is 1640. The van der Waals surface area contributed by atoms with Crippen molar-refractivity contribution in [3.05, 3.63) is 131 Å². The topological polar surface area (TPSA) is 86.8 Å². The van der Waals surface area contributed by atoms with Crippen LogP contribution >= 0.6 is 0 Å². The summed E-state index contributed by atoms with van der Waals surface area (Å²) in [4.78, 5) is 29.8. The van der Waals surface area contributed by atoms with Crippen molar-refractivity contribution < 1.29 is 18.0 Å². The second-order valence-electron chi connectivity index (χ2n) is 11.6.